The Morgan fingerprint density at radius 1 is 0.537 bits per heavy atom. The average molecular weight is 541 g/mol. The molecule has 0 atom stereocenters. The third-order valence-electron chi connectivity index (χ3n) is 8.64. The highest BCUT2D eigenvalue weighted by Crippen LogP contribution is 2.48. The molecule has 0 amide bonds. The molecule has 0 fully saturated rings. The Morgan fingerprint density at radius 3 is 2.07 bits per heavy atom. The van der Waals surface area contributed by atoms with Crippen LogP contribution in [-0.2, 0) is 0 Å². The largest absolute Gasteiger partial charge is 0.376 e. The predicted octanol–water partition coefficient (Wildman–Crippen LogP) is 9.07. The molecule has 0 saturated heterocycles. The Bertz CT molecular complexity index is 2130. The zero-order valence-corrected chi connectivity index (χ0v) is 23.4. The van der Waals surface area contributed by atoms with E-state index in [-0.39, 0.29) is 6.85 Å². The van der Waals surface area contributed by atoms with E-state index in [4.69, 9.17) is 0 Å². The van der Waals surface area contributed by atoms with E-state index in [9.17, 15) is 0 Å². The molecule has 0 unspecified atom stereocenters. The molecule has 0 saturated carbocycles. The Hall–Kier alpha value is -4.80. The fourth-order valence-corrected chi connectivity index (χ4v) is 8.13. The van der Waals surface area contributed by atoms with Gasteiger partial charge in [-0.2, -0.15) is 0 Å². The van der Waals surface area contributed by atoms with Crippen molar-refractivity contribution in [1.82, 2.24) is 0 Å². The maximum absolute atomic E-state index is 2.57. The van der Waals surface area contributed by atoms with Crippen LogP contribution in [-0.4, -0.2) is 6.85 Å². The van der Waals surface area contributed by atoms with Crippen LogP contribution in [0, 0.1) is 6.92 Å². The minimum Gasteiger partial charge on any atom is -0.376 e. The van der Waals surface area contributed by atoms with Crippen molar-refractivity contribution in [2.75, 3.05) is 9.71 Å². The summed E-state index contributed by atoms with van der Waals surface area (Å²) in [7, 11) is 0. The molecule has 7 aromatic rings. The molecule has 0 N–H and O–H groups in total. The van der Waals surface area contributed by atoms with Gasteiger partial charge in [-0.3, -0.25) is 0 Å². The summed E-state index contributed by atoms with van der Waals surface area (Å²) < 4.78 is 2.67. The zero-order valence-electron chi connectivity index (χ0n) is 22.6. The highest BCUT2D eigenvalue weighted by Gasteiger charge is 2.45. The third kappa shape index (κ3) is 3.25. The summed E-state index contributed by atoms with van der Waals surface area (Å²) in [5.41, 5.74) is 12.7. The summed E-state index contributed by atoms with van der Waals surface area (Å²) in [6.07, 6.45) is 0. The number of hydrogen-bond donors (Lipinski definition) is 0. The minimum absolute atomic E-state index is 0.0440. The van der Waals surface area contributed by atoms with Gasteiger partial charge >= 0.3 is 6.85 Å². The van der Waals surface area contributed by atoms with E-state index in [1.54, 1.807) is 0 Å². The molecule has 6 aromatic carbocycles. The number of thiophene rings is 1. The second-order valence-electron chi connectivity index (χ2n) is 11.0. The number of rotatable bonds is 2. The van der Waals surface area contributed by atoms with Gasteiger partial charge in [-0.25, -0.2) is 0 Å². The van der Waals surface area contributed by atoms with Gasteiger partial charge < -0.3 is 9.71 Å². The van der Waals surface area contributed by atoms with Crippen LogP contribution in [0.15, 0.2) is 133 Å². The second-order valence-corrected chi connectivity index (χ2v) is 12.1. The van der Waals surface area contributed by atoms with Crippen molar-refractivity contribution < 1.29 is 0 Å². The van der Waals surface area contributed by atoms with Crippen molar-refractivity contribution in [3.8, 4) is 11.1 Å². The Kier molecular flexibility index (Phi) is 4.82. The number of hydrogen-bond acceptors (Lipinski definition) is 3. The van der Waals surface area contributed by atoms with Crippen LogP contribution in [0.3, 0.4) is 0 Å². The average Bonchev–Trinajstić information content (AvgIpc) is 3.38. The molecule has 0 spiro atoms. The second kappa shape index (κ2) is 8.60. The van der Waals surface area contributed by atoms with Crippen LogP contribution >= 0.6 is 11.3 Å². The summed E-state index contributed by atoms with van der Waals surface area (Å²) in [6, 6.07) is 49.2. The van der Waals surface area contributed by atoms with E-state index in [1.807, 2.05) is 11.3 Å². The maximum atomic E-state index is 2.57. The number of benzene rings is 6. The van der Waals surface area contributed by atoms with E-state index >= 15 is 0 Å². The zero-order chi connectivity index (χ0) is 27.1. The van der Waals surface area contributed by atoms with E-state index in [2.05, 4.69) is 150 Å². The molecule has 0 bridgehead atoms. The standard InChI is InChI=1S/C37H25BN2S/c1-24-20-30-27-16-8-10-18-32(27)40(26-14-6-3-7-15-26)38-31-23-36-29(28-17-9-11-19-35(28)41-36)22-33(31)39(34(21-24)37(30)38)25-12-4-2-5-13-25/h2-23H,1H3. The van der Waals surface area contributed by atoms with Gasteiger partial charge in [-0.15, -0.1) is 11.3 Å². The summed E-state index contributed by atoms with van der Waals surface area (Å²) in [5, 5.41) is 2.65. The molecule has 9 rings (SSSR count). The molecule has 2 aliphatic rings. The molecule has 4 heteroatoms. The van der Waals surface area contributed by atoms with Crippen molar-refractivity contribution in [2.24, 2.45) is 0 Å². The van der Waals surface area contributed by atoms with E-state index in [1.165, 1.54) is 76.2 Å². The van der Waals surface area contributed by atoms with Crippen LogP contribution in [0.5, 0.6) is 0 Å². The van der Waals surface area contributed by atoms with Gasteiger partial charge in [0, 0.05) is 54.2 Å². The topological polar surface area (TPSA) is 6.48 Å². The van der Waals surface area contributed by atoms with Gasteiger partial charge in [0.25, 0.3) is 0 Å². The van der Waals surface area contributed by atoms with E-state index in [0.717, 1.165) is 0 Å². The van der Waals surface area contributed by atoms with Gasteiger partial charge in [0.2, 0.25) is 0 Å². The van der Waals surface area contributed by atoms with Crippen LogP contribution in [0.25, 0.3) is 31.3 Å². The molecule has 1 aromatic heterocycles. The molecule has 192 valence electrons. The maximum Gasteiger partial charge on any atom is 0.333 e. The molecule has 2 nitrogen and oxygen atoms in total. The lowest BCUT2D eigenvalue weighted by Gasteiger charge is -2.46. The van der Waals surface area contributed by atoms with Crippen LogP contribution < -0.4 is 20.6 Å². The number of fused-ring (bicyclic) bond motifs is 7. The third-order valence-corrected chi connectivity index (χ3v) is 9.77. The van der Waals surface area contributed by atoms with E-state index in [0.29, 0.717) is 0 Å². The van der Waals surface area contributed by atoms with Crippen molar-refractivity contribution in [3.63, 3.8) is 0 Å². The number of anilines is 5. The molecule has 0 radical (unpaired) electrons. The summed E-state index contributed by atoms with van der Waals surface area (Å²) >= 11 is 1.90. The van der Waals surface area contributed by atoms with Gasteiger partial charge in [0.1, 0.15) is 0 Å². The van der Waals surface area contributed by atoms with Gasteiger partial charge in [-0.1, -0.05) is 78.9 Å². The van der Waals surface area contributed by atoms with Gasteiger partial charge in [-0.05, 0) is 83.6 Å². The molecule has 3 heterocycles. The van der Waals surface area contributed by atoms with Gasteiger partial charge in [0.15, 0.2) is 0 Å². The first kappa shape index (κ1) is 23.0. The normalized spacial score (nSPS) is 13.3. The first-order valence-corrected chi connectivity index (χ1v) is 15.0. The first-order valence-electron chi connectivity index (χ1n) is 14.1. The quantitative estimate of drug-likeness (QED) is 0.202. The molecule has 0 aliphatic carbocycles. The van der Waals surface area contributed by atoms with Crippen molar-refractivity contribution in [1.29, 1.82) is 0 Å². The fourth-order valence-electron chi connectivity index (χ4n) is 7.00. The van der Waals surface area contributed by atoms with E-state index < -0.39 is 0 Å². The minimum atomic E-state index is 0.0440. The predicted molar refractivity (Wildman–Crippen MR) is 178 cm³/mol. The number of aryl methyl sites for hydroxylation is 1. The van der Waals surface area contributed by atoms with Crippen molar-refractivity contribution in [3.05, 3.63) is 139 Å². The molecular formula is C37H25BN2S. The van der Waals surface area contributed by atoms with Crippen LogP contribution in [0.2, 0.25) is 0 Å². The SMILES string of the molecule is Cc1cc2c3c(c1)N(c1ccccc1)c1cc4c(cc1B3N(c1ccccc1)c1ccccc1-2)sc1ccccc14. The molecular weight excluding hydrogens is 515 g/mol. The summed E-state index contributed by atoms with van der Waals surface area (Å²) in [5.74, 6) is 0. The molecule has 2 aliphatic heterocycles. The Balaban J connectivity index is 1.45. The number of nitrogens with zero attached hydrogens (tertiary/aromatic N) is 2. The van der Waals surface area contributed by atoms with Gasteiger partial charge in [0.05, 0.1) is 0 Å². The smallest absolute Gasteiger partial charge is 0.333 e. The summed E-state index contributed by atoms with van der Waals surface area (Å²) in [4.78, 5) is 5.07. The fraction of sp³-hybridized carbons (Fsp3) is 0.0270. The highest BCUT2D eigenvalue weighted by molar-refractivity contribution is 7.26. The highest BCUT2D eigenvalue weighted by atomic mass is 32.1. The first-order chi connectivity index (χ1) is 20.3. The summed E-state index contributed by atoms with van der Waals surface area (Å²) in [6.45, 7) is 2.27. The van der Waals surface area contributed by atoms with Crippen molar-refractivity contribution in [2.45, 2.75) is 6.92 Å². The number of para-hydroxylation sites is 3. The lowest BCUT2D eigenvalue weighted by Crippen LogP contribution is -2.61. The van der Waals surface area contributed by atoms with Crippen molar-refractivity contribution >= 4 is 77.7 Å². The lowest BCUT2D eigenvalue weighted by atomic mass is 9.43. The van der Waals surface area contributed by atoms with Crippen LogP contribution in [0.1, 0.15) is 5.56 Å². The lowest BCUT2D eigenvalue weighted by molar-refractivity contribution is 1.26. The monoisotopic (exact) mass is 540 g/mol. The Labute approximate surface area is 243 Å². The Morgan fingerprint density at radius 2 is 1.24 bits per heavy atom. The molecule has 41 heavy (non-hydrogen) atoms. The van der Waals surface area contributed by atoms with Crippen LogP contribution in [0.4, 0.5) is 28.4 Å².